The molecule has 3 aromatic rings. The lowest BCUT2D eigenvalue weighted by molar-refractivity contribution is -0.118. The van der Waals surface area contributed by atoms with Crippen molar-refractivity contribution in [1.29, 1.82) is 0 Å². The third kappa shape index (κ3) is 9.24. The van der Waals surface area contributed by atoms with Gasteiger partial charge in [0.05, 0.1) is 39.6 Å². The summed E-state index contributed by atoms with van der Waals surface area (Å²) in [6, 6.07) is 22.1. The molecule has 47 heavy (non-hydrogen) atoms. The highest BCUT2D eigenvalue weighted by atomic mass is 16.5. The number of nitrogens with zero attached hydrogens (tertiary/aromatic N) is 2. The maximum absolute atomic E-state index is 12.7. The van der Waals surface area contributed by atoms with Crippen molar-refractivity contribution in [2.24, 2.45) is 0 Å². The van der Waals surface area contributed by atoms with Crippen LogP contribution in [0.2, 0.25) is 0 Å². The molecule has 1 fully saturated rings. The van der Waals surface area contributed by atoms with Crippen molar-refractivity contribution in [2.45, 2.75) is 50.7 Å². The Hall–Kier alpha value is -4.12. The molecule has 5 rings (SSSR count). The van der Waals surface area contributed by atoms with Gasteiger partial charge in [-0.1, -0.05) is 42.5 Å². The van der Waals surface area contributed by atoms with E-state index in [1.165, 1.54) is 4.90 Å². The summed E-state index contributed by atoms with van der Waals surface area (Å²) in [4.78, 5) is 27.9. The van der Waals surface area contributed by atoms with Crippen molar-refractivity contribution in [1.82, 2.24) is 4.90 Å². The summed E-state index contributed by atoms with van der Waals surface area (Å²) in [7, 11) is 3.34. The SMILES string of the molecule is COCCCN1C(=O)CCc2ccc(COC3CN(C(=O)O)CCC3c3ccc(OCCOCCc4ccccc4OC)cc3)cc21. The maximum atomic E-state index is 12.7. The van der Waals surface area contributed by atoms with Gasteiger partial charge in [-0.05, 0) is 72.2 Å². The van der Waals surface area contributed by atoms with Crippen LogP contribution in [-0.4, -0.2) is 88.4 Å². The number of carbonyl (C=O) groups is 2. The van der Waals surface area contributed by atoms with Gasteiger partial charge < -0.3 is 38.6 Å². The first-order valence-electron chi connectivity index (χ1n) is 16.4. The zero-order valence-electron chi connectivity index (χ0n) is 27.4. The zero-order chi connectivity index (χ0) is 33.0. The summed E-state index contributed by atoms with van der Waals surface area (Å²) in [6.45, 7) is 3.75. The number of ether oxygens (including phenoxy) is 5. The second-order valence-corrected chi connectivity index (χ2v) is 11.9. The Morgan fingerprint density at radius 2 is 1.79 bits per heavy atom. The topological polar surface area (TPSA) is 107 Å². The second-order valence-electron chi connectivity index (χ2n) is 11.9. The van der Waals surface area contributed by atoms with Gasteiger partial charge in [-0.25, -0.2) is 4.79 Å². The largest absolute Gasteiger partial charge is 0.496 e. The zero-order valence-corrected chi connectivity index (χ0v) is 27.4. The van der Waals surface area contributed by atoms with Gasteiger partial charge in [0.2, 0.25) is 5.91 Å². The smallest absolute Gasteiger partial charge is 0.407 e. The third-order valence-electron chi connectivity index (χ3n) is 8.89. The number of piperidine rings is 1. The molecular formula is C37H46N2O8. The number of rotatable bonds is 16. The Kier molecular flexibility index (Phi) is 12.5. The summed E-state index contributed by atoms with van der Waals surface area (Å²) >= 11 is 0. The number of methoxy groups -OCH3 is 2. The molecular weight excluding hydrogens is 600 g/mol. The first-order valence-corrected chi connectivity index (χ1v) is 16.4. The van der Waals surface area contributed by atoms with Crippen LogP contribution >= 0.6 is 0 Å². The molecule has 0 radical (unpaired) electrons. The quantitative estimate of drug-likeness (QED) is 0.198. The van der Waals surface area contributed by atoms with Crippen molar-refractivity contribution in [3.8, 4) is 11.5 Å². The minimum absolute atomic E-state index is 0.0303. The number of hydrogen-bond donors (Lipinski definition) is 1. The maximum Gasteiger partial charge on any atom is 0.407 e. The highest BCUT2D eigenvalue weighted by Gasteiger charge is 2.33. The normalized spacial score (nSPS) is 17.8. The van der Waals surface area contributed by atoms with Crippen LogP contribution in [0.5, 0.6) is 11.5 Å². The number of benzene rings is 3. The number of aryl methyl sites for hydroxylation is 1. The summed E-state index contributed by atoms with van der Waals surface area (Å²) in [5.74, 6) is 1.77. The molecule has 10 nitrogen and oxygen atoms in total. The standard InChI is InChI=1S/C37H46N2O8/c1-43-20-5-18-39-33-24-27(8-9-29(33)12-15-36(39)40)26-47-35-25-38(37(41)42)19-16-32(35)28-10-13-31(14-11-28)46-23-22-45-21-17-30-6-3-4-7-34(30)44-2/h3-4,6-11,13-14,24,32,35H,5,12,15-23,25-26H2,1-2H3,(H,41,42). The number of anilines is 1. The van der Waals surface area contributed by atoms with Gasteiger partial charge in [-0.3, -0.25) is 4.79 Å². The molecule has 0 aliphatic carbocycles. The van der Waals surface area contributed by atoms with E-state index in [1.807, 2.05) is 65.6 Å². The van der Waals surface area contributed by atoms with E-state index >= 15 is 0 Å². The molecule has 2 amide bonds. The fourth-order valence-corrected chi connectivity index (χ4v) is 6.35. The monoisotopic (exact) mass is 646 g/mol. The van der Waals surface area contributed by atoms with Crippen LogP contribution in [-0.2, 0) is 38.5 Å². The predicted molar refractivity (Wildman–Crippen MR) is 179 cm³/mol. The molecule has 2 atom stereocenters. The lowest BCUT2D eigenvalue weighted by atomic mass is 9.87. The molecule has 2 unspecified atom stereocenters. The third-order valence-corrected chi connectivity index (χ3v) is 8.89. The van der Waals surface area contributed by atoms with Crippen LogP contribution in [0.3, 0.4) is 0 Å². The molecule has 252 valence electrons. The molecule has 0 spiro atoms. The molecule has 2 aliphatic heterocycles. The average Bonchev–Trinajstić information content (AvgIpc) is 3.10. The second kappa shape index (κ2) is 17.2. The Morgan fingerprint density at radius 3 is 2.57 bits per heavy atom. The first-order chi connectivity index (χ1) is 23.0. The van der Waals surface area contributed by atoms with Crippen LogP contribution in [0.4, 0.5) is 10.5 Å². The lowest BCUT2D eigenvalue weighted by Crippen LogP contribution is -2.46. The molecule has 10 heteroatoms. The highest BCUT2D eigenvalue weighted by Crippen LogP contribution is 2.34. The summed E-state index contributed by atoms with van der Waals surface area (Å²) in [5.41, 5.74) is 5.24. The van der Waals surface area contributed by atoms with Crippen LogP contribution in [0.1, 0.15) is 47.4 Å². The average molecular weight is 647 g/mol. The molecule has 0 aromatic heterocycles. The van der Waals surface area contributed by atoms with E-state index in [-0.39, 0.29) is 24.5 Å². The van der Waals surface area contributed by atoms with Gasteiger partial charge in [-0.2, -0.15) is 0 Å². The summed E-state index contributed by atoms with van der Waals surface area (Å²) in [5, 5.41) is 9.72. The van der Waals surface area contributed by atoms with Crippen molar-refractivity contribution < 1.29 is 38.4 Å². The van der Waals surface area contributed by atoms with E-state index in [0.29, 0.717) is 59.0 Å². The molecule has 1 N–H and O–H groups in total. The van der Waals surface area contributed by atoms with Crippen LogP contribution in [0.25, 0.3) is 0 Å². The van der Waals surface area contributed by atoms with Gasteiger partial charge in [-0.15, -0.1) is 0 Å². The van der Waals surface area contributed by atoms with Gasteiger partial charge in [0.15, 0.2) is 0 Å². The number of carbonyl (C=O) groups excluding carboxylic acids is 1. The molecule has 2 heterocycles. The number of likely N-dealkylation sites (tertiary alicyclic amines) is 1. The van der Waals surface area contributed by atoms with E-state index in [4.69, 9.17) is 23.7 Å². The van der Waals surface area contributed by atoms with Crippen LogP contribution < -0.4 is 14.4 Å². The Bertz CT molecular complexity index is 1460. The number of fused-ring (bicyclic) bond motifs is 1. The number of hydrogen-bond acceptors (Lipinski definition) is 7. The Balaban J connectivity index is 1.16. The minimum atomic E-state index is -0.940. The van der Waals surface area contributed by atoms with E-state index < -0.39 is 6.09 Å². The lowest BCUT2D eigenvalue weighted by Gasteiger charge is -2.37. The van der Waals surface area contributed by atoms with E-state index in [2.05, 4.69) is 6.07 Å². The molecule has 1 saturated heterocycles. The van der Waals surface area contributed by atoms with E-state index in [1.54, 1.807) is 14.2 Å². The molecule has 0 bridgehead atoms. The fraction of sp³-hybridized carbons (Fsp3) is 0.459. The van der Waals surface area contributed by atoms with Crippen molar-refractivity contribution in [3.63, 3.8) is 0 Å². The Labute approximate surface area is 277 Å². The number of para-hydroxylation sites is 1. The number of carboxylic acid groups (broad SMARTS) is 1. The minimum Gasteiger partial charge on any atom is -0.496 e. The highest BCUT2D eigenvalue weighted by molar-refractivity contribution is 5.96. The van der Waals surface area contributed by atoms with Crippen LogP contribution in [0.15, 0.2) is 66.7 Å². The molecule has 0 saturated carbocycles. The summed E-state index contributed by atoms with van der Waals surface area (Å²) < 4.78 is 28.7. The van der Waals surface area contributed by atoms with Gasteiger partial charge in [0.1, 0.15) is 18.1 Å². The van der Waals surface area contributed by atoms with Gasteiger partial charge in [0.25, 0.3) is 0 Å². The Morgan fingerprint density at radius 1 is 0.957 bits per heavy atom. The fourth-order valence-electron chi connectivity index (χ4n) is 6.35. The first kappa shape index (κ1) is 34.2. The van der Waals surface area contributed by atoms with Crippen molar-refractivity contribution in [2.75, 3.05) is 65.2 Å². The van der Waals surface area contributed by atoms with Crippen molar-refractivity contribution >= 4 is 17.7 Å². The van der Waals surface area contributed by atoms with Crippen molar-refractivity contribution in [3.05, 3.63) is 89.0 Å². The van der Waals surface area contributed by atoms with E-state index in [9.17, 15) is 14.7 Å². The summed E-state index contributed by atoms with van der Waals surface area (Å²) in [6.07, 6.45) is 2.16. The predicted octanol–water partition coefficient (Wildman–Crippen LogP) is 5.70. The molecule has 3 aromatic carbocycles. The molecule has 2 aliphatic rings. The van der Waals surface area contributed by atoms with E-state index in [0.717, 1.165) is 58.7 Å². The van der Waals surface area contributed by atoms with Gasteiger partial charge in [0, 0.05) is 44.8 Å². The number of amides is 2. The van der Waals surface area contributed by atoms with Crippen LogP contribution in [0, 0.1) is 0 Å². The van der Waals surface area contributed by atoms with Gasteiger partial charge >= 0.3 is 6.09 Å².